The van der Waals surface area contributed by atoms with Gasteiger partial charge in [0.2, 0.25) is 0 Å². The molecule has 3 rings (SSSR count). The van der Waals surface area contributed by atoms with E-state index in [2.05, 4.69) is 13.8 Å². The van der Waals surface area contributed by atoms with Gasteiger partial charge in [0.25, 0.3) is 0 Å². The summed E-state index contributed by atoms with van der Waals surface area (Å²) in [5, 5.41) is 0.864. The number of carbonyl (C=O) groups is 1. The highest BCUT2D eigenvalue weighted by atomic mass is 35.5. The van der Waals surface area contributed by atoms with E-state index < -0.39 is 5.97 Å². The van der Waals surface area contributed by atoms with Crippen LogP contribution in [0.5, 0.6) is 5.75 Å². The van der Waals surface area contributed by atoms with Crippen LogP contribution in [0.15, 0.2) is 59.0 Å². The third-order valence-corrected chi connectivity index (χ3v) is 5.49. The van der Waals surface area contributed by atoms with Gasteiger partial charge in [0.05, 0.1) is 10.0 Å². The number of ether oxygens (including phenoxy) is 2. The van der Waals surface area contributed by atoms with E-state index in [9.17, 15) is 4.79 Å². The van der Waals surface area contributed by atoms with E-state index in [1.807, 2.05) is 30.3 Å². The summed E-state index contributed by atoms with van der Waals surface area (Å²) >= 11 is 12.2. The molecule has 0 spiro atoms. The number of esters is 1. The lowest BCUT2D eigenvalue weighted by Gasteiger charge is -2.10. The second-order valence-electron chi connectivity index (χ2n) is 6.70. The SMILES string of the molecule is CCC(C)c1ccc(OCC(=O)OCc2ccc(-c3cccc(Cl)c3Cl)o2)cc1. The highest BCUT2D eigenvalue weighted by Crippen LogP contribution is 2.34. The number of halogens is 2. The molecule has 0 fully saturated rings. The van der Waals surface area contributed by atoms with Crippen LogP contribution in [0.3, 0.4) is 0 Å². The van der Waals surface area contributed by atoms with Crippen LogP contribution in [-0.2, 0) is 16.1 Å². The van der Waals surface area contributed by atoms with Gasteiger partial charge < -0.3 is 13.9 Å². The maximum atomic E-state index is 12.0. The molecule has 0 bridgehead atoms. The molecule has 1 aromatic heterocycles. The summed E-state index contributed by atoms with van der Waals surface area (Å²) in [4.78, 5) is 12.0. The van der Waals surface area contributed by atoms with Crippen molar-refractivity contribution >= 4 is 29.2 Å². The normalized spacial score (nSPS) is 11.9. The Hall–Kier alpha value is -2.43. The van der Waals surface area contributed by atoms with Crippen LogP contribution in [0.4, 0.5) is 0 Å². The minimum atomic E-state index is -0.477. The zero-order valence-corrected chi connectivity index (χ0v) is 17.8. The highest BCUT2D eigenvalue weighted by Gasteiger charge is 2.12. The second-order valence-corrected chi connectivity index (χ2v) is 7.48. The Morgan fingerprint density at radius 3 is 2.55 bits per heavy atom. The van der Waals surface area contributed by atoms with Gasteiger partial charge >= 0.3 is 5.97 Å². The molecule has 0 N–H and O–H groups in total. The van der Waals surface area contributed by atoms with Gasteiger partial charge in [-0.25, -0.2) is 4.79 Å². The largest absolute Gasteiger partial charge is 0.482 e. The summed E-state index contributed by atoms with van der Waals surface area (Å²) in [5.74, 6) is 1.71. The van der Waals surface area contributed by atoms with E-state index in [-0.39, 0.29) is 13.2 Å². The molecule has 0 amide bonds. The number of hydrogen-bond acceptors (Lipinski definition) is 4. The summed E-state index contributed by atoms with van der Waals surface area (Å²) in [5.41, 5.74) is 1.93. The molecule has 152 valence electrons. The summed E-state index contributed by atoms with van der Waals surface area (Å²) in [7, 11) is 0. The first-order chi connectivity index (χ1) is 14.0. The molecule has 0 radical (unpaired) electrons. The van der Waals surface area contributed by atoms with Gasteiger partial charge in [-0.2, -0.15) is 0 Å². The molecule has 29 heavy (non-hydrogen) atoms. The van der Waals surface area contributed by atoms with E-state index in [0.717, 1.165) is 6.42 Å². The molecule has 0 aliphatic rings. The fraction of sp³-hybridized carbons (Fsp3) is 0.261. The van der Waals surface area contributed by atoms with Gasteiger partial charge in [0.15, 0.2) is 6.61 Å². The maximum Gasteiger partial charge on any atom is 0.344 e. The smallest absolute Gasteiger partial charge is 0.344 e. The molecule has 0 aliphatic carbocycles. The third-order valence-electron chi connectivity index (χ3n) is 4.67. The van der Waals surface area contributed by atoms with Gasteiger partial charge in [0.1, 0.15) is 23.9 Å². The van der Waals surface area contributed by atoms with Crippen molar-refractivity contribution in [2.75, 3.05) is 6.61 Å². The minimum Gasteiger partial charge on any atom is -0.482 e. The number of carbonyl (C=O) groups excluding carboxylic acids is 1. The van der Waals surface area contributed by atoms with E-state index in [4.69, 9.17) is 37.1 Å². The first kappa shape index (κ1) is 21.3. The Labute approximate surface area is 180 Å². The lowest BCUT2D eigenvalue weighted by atomic mass is 9.99. The number of hydrogen-bond donors (Lipinski definition) is 0. The second kappa shape index (κ2) is 9.86. The van der Waals surface area contributed by atoms with Crippen molar-refractivity contribution in [2.24, 2.45) is 0 Å². The molecule has 0 saturated carbocycles. The van der Waals surface area contributed by atoms with Gasteiger partial charge in [-0.15, -0.1) is 0 Å². The van der Waals surface area contributed by atoms with Crippen molar-refractivity contribution in [1.82, 2.24) is 0 Å². The summed E-state index contributed by atoms with van der Waals surface area (Å²) < 4.78 is 16.4. The van der Waals surface area contributed by atoms with Gasteiger partial charge in [-0.05, 0) is 54.3 Å². The molecule has 0 saturated heterocycles. The molecule has 6 heteroatoms. The lowest BCUT2D eigenvalue weighted by molar-refractivity contribution is -0.147. The van der Waals surface area contributed by atoms with Crippen molar-refractivity contribution in [2.45, 2.75) is 32.8 Å². The highest BCUT2D eigenvalue weighted by molar-refractivity contribution is 6.43. The van der Waals surface area contributed by atoms with Crippen molar-refractivity contribution in [1.29, 1.82) is 0 Å². The Kier molecular flexibility index (Phi) is 7.24. The monoisotopic (exact) mass is 432 g/mol. The van der Waals surface area contributed by atoms with E-state index in [1.54, 1.807) is 24.3 Å². The Morgan fingerprint density at radius 1 is 1.07 bits per heavy atom. The zero-order valence-electron chi connectivity index (χ0n) is 16.3. The summed E-state index contributed by atoms with van der Waals surface area (Å²) in [6, 6.07) is 16.5. The average molecular weight is 433 g/mol. The topological polar surface area (TPSA) is 48.7 Å². The summed E-state index contributed by atoms with van der Waals surface area (Å²) in [6.45, 7) is 4.16. The first-order valence-corrected chi connectivity index (χ1v) is 10.1. The van der Waals surface area contributed by atoms with Crippen LogP contribution in [0.2, 0.25) is 10.0 Å². The Bertz CT molecular complexity index is 963. The van der Waals surface area contributed by atoms with Crippen LogP contribution in [0, 0.1) is 0 Å². The Morgan fingerprint density at radius 2 is 1.83 bits per heavy atom. The summed E-state index contributed by atoms with van der Waals surface area (Å²) in [6.07, 6.45) is 1.07. The van der Waals surface area contributed by atoms with Crippen LogP contribution in [0.1, 0.15) is 37.5 Å². The predicted octanol–water partition coefficient (Wildman–Crippen LogP) is 6.89. The van der Waals surface area contributed by atoms with E-state index >= 15 is 0 Å². The van der Waals surface area contributed by atoms with Crippen LogP contribution in [-0.4, -0.2) is 12.6 Å². The standard InChI is InChI=1S/C23H22Cl2O4/c1-3-15(2)16-7-9-17(10-8-16)27-14-22(26)28-13-18-11-12-21(29-18)19-5-4-6-20(24)23(19)25/h4-12,15H,3,13-14H2,1-2H3. The molecular weight excluding hydrogens is 411 g/mol. The van der Waals surface area contributed by atoms with Gasteiger partial charge in [-0.1, -0.05) is 55.2 Å². The fourth-order valence-electron chi connectivity index (χ4n) is 2.76. The number of benzene rings is 2. The van der Waals surface area contributed by atoms with Crippen molar-refractivity contribution in [3.8, 4) is 17.1 Å². The molecular formula is C23H22Cl2O4. The molecule has 1 unspecified atom stereocenters. The van der Waals surface area contributed by atoms with E-state index in [1.165, 1.54) is 5.56 Å². The van der Waals surface area contributed by atoms with Gasteiger partial charge in [-0.3, -0.25) is 0 Å². The van der Waals surface area contributed by atoms with Crippen molar-refractivity contribution in [3.05, 3.63) is 76.0 Å². The maximum absolute atomic E-state index is 12.0. The van der Waals surface area contributed by atoms with Crippen LogP contribution in [0.25, 0.3) is 11.3 Å². The molecule has 3 aromatic rings. The molecule has 1 heterocycles. The van der Waals surface area contributed by atoms with E-state index in [0.29, 0.717) is 38.8 Å². The number of rotatable bonds is 8. The molecule has 0 aliphatic heterocycles. The predicted molar refractivity (Wildman–Crippen MR) is 115 cm³/mol. The molecule has 2 aromatic carbocycles. The number of furan rings is 1. The third kappa shape index (κ3) is 5.55. The minimum absolute atomic E-state index is 0.00727. The fourth-order valence-corrected chi connectivity index (χ4v) is 3.15. The first-order valence-electron chi connectivity index (χ1n) is 9.39. The average Bonchev–Trinajstić information content (AvgIpc) is 3.21. The lowest BCUT2D eigenvalue weighted by Crippen LogP contribution is -2.14. The molecule has 1 atom stereocenters. The quantitative estimate of drug-likeness (QED) is 0.363. The van der Waals surface area contributed by atoms with Gasteiger partial charge in [0, 0.05) is 5.56 Å². The zero-order chi connectivity index (χ0) is 20.8. The van der Waals surface area contributed by atoms with Crippen LogP contribution >= 0.6 is 23.2 Å². The Balaban J connectivity index is 1.50. The van der Waals surface area contributed by atoms with Crippen molar-refractivity contribution < 1.29 is 18.7 Å². The molecule has 4 nitrogen and oxygen atoms in total. The van der Waals surface area contributed by atoms with Crippen molar-refractivity contribution in [3.63, 3.8) is 0 Å². The van der Waals surface area contributed by atoms with Crippen LogP contribution < -0.4 is 4.74 Å².